The van der Waals surface area contributed by atoms with Crippen molar-refractivity contribution >= 4 is 0 Å². The maximum absolute atomic E-state index is 9.34. The van der Waals surface area contributed by atoms with Crippen molar-refractivity contribution in [2.45, 2.75) is 65.6 Å². The van der Waals surface area contributed by atoms with Crippen molar-refractivity contribution in [3.8, 4) is 0 Å². The Hall–Kier alpha value is -0.980. The highest BCUT2D eigenvalue weighted by Gasteiger charge is 2.11. The molecular formula is C22H40O5. The van der Waals surface area contributed by atoms with Crippen molar-refractivity contribution in [1.82, 2.24) is 0 Å². The van der Waals surface area contributed by atoms with E-state index in [2.05, 4.69) is 45.9 Å². The highest BCUT2D eigenvalue weighted by molar-refractivity contribution is 5.05. The van der Waals surface area contributed by atoms with Crippen molar-refractivity contribution in [3.05, 3.63) is 34.9 Å². The number of allylic oxidation sites excluding steroid dienone is 5. The second kappa shape index (κ2) is 17.1. The van der Waals surface area contributed by atoms with Crippen LogP contribution in [0.25, 0.3) is 0 Å². The third-order valence-corrected chi connectivity index (χ3v) is 4.06. The lowest BCUT2D eigenvalue weighted by atomic mass is 10.1. The van der Waals surface area contributed by atoms with Crippen LogP contribution in [0, 0.1) is 0 Å². The van der Waals surface area contributed by atoms with Gasteiger partial charge in [0, 0.05) is 7.11 Å². The summed E-state index contributed by atoms with van der Waals surface area (Å²) in [6.07, 6.45) is 9.91. The van der Waals surface area contributed by atoms with Gasteiger partial charge in [0.25, 0.3) is 0 Å². The monoisotopic (exact) mass is 384 g/mol. The van der Waals surface area contributed by atoms with E-state index >= 15 is 0 Å². The van der Waals surface area contributed by atoms with Gasteiger partial charge in [-0.1, -0.05) is 34.9 Å². The Morgan fingerprint density at radius 1 is 0.889 bits per heavy atom. The molecule has 0 heterocycles. The maximum Gasteiger partial charge on any atom is 0.104 e. The van der Waals surface area contributed by atoms with Crippen LogP contribution in [0.2, 0.25) is 0 Å². The summed E-state index contributed by atoms with van der Waals surface area (Å²) in [5.41, 5.74) is 4.13. The SMILES string of the molecule is COCC(COCC=C(C)CCC=C(C)CCC=C(C)C)OCC(O)CO. The zero-order valence-electron chi connectivity index (χ0n) is 17.9. The summed E-state index contributed by atoms with van der Waals surface area (Å²) < 4.78 is 16.2. The Balaban J connectivity index is 4.03. The topological polar surface area (TPSA) is 68.2 Å². The first-order chi connectivity index (χ1) is 12.9. The number of hydrogen-bond donors (Lipinski definition) is 2. The van der Waals surface area contributed by atoms with E-state index in [0.717, 1.165) is 25.7 Å². The predicted octanol–water partition coefficient (Wildman–Crippen LogP) is 3.81. The van der Waals surface area contributed by atoms with E-state index in [0.29, 0.717) is 19.8 Å². The smallest absolute Gasteiger partial charge is 0.104 e. The van der Waals surface area contributed by atoms with E-state index in [-0.39, 0.29) is 19.3 Å². The van der Waals surface area contributed by atoms with Crippen LogP contribution in [0.3, 0.4) is 0 Å². The summed E-state index contributed by atoms with van der Waals surface area (Å²) in [5.74, 6) is 0. The Morgan fingerprint density at radius 2 is 1.52 bits per heavy atom. The van der Waals surface area contributed by atoms with Crippen LogP contribution in [0.1, 0.15) is 53.4 Å². The van der Waals surface area contributed by atoms with E-state index in [4.69, 9.17) is 19.3 Å². The Kier molecular flexibility index (Phi) is 16.5. The molecule has 2 N–H and O–H groups in total. The number of ether oxygens (including phenoxy) is 3. The molecule has 0 rings (SSSR count). The Labute approximate surface area is 165 Å². The maximum atomic E-state index is 9.34. The first kappa shape index (κ1) is 26.0. The average Bonchev–Trinajstić information content (AvgIpc) is 2.62. The molecule has 0 aliphatic carbocycles. The molecule has 2 atom stereocenters. The molecule has 0 aliphatic heterocycles. The van der Waals surface area contributed by atoms with E-state index in [9.17, 15) is 5.11 Å². The zero-order valence-corrected chi connectivity index (χ0v) is 17.9. The minimum absolute atomic E-state index is 0.0715. The minimum Gasteiger partial charge on any atom is -0.394 e. The number of hydrogen-bond acceptors (Lipinski definition) is 5. The van der Waals surface area contributed by atoms with Gasteiger partial charge >= 0.3 is 0 Å². The summed E-state index contributed by atoms with van der Waals surface area (Å²) in [7, 11) is 1.60. The van der Waals surface area contributed by atoms with Gasteiger partial charge in [-0.25, -0.2) is 0 Å². The molecule has 0 aromatic carbocycles. The van der Waals surface area contributed by atoms with Crippen molar-refractivity contribution in [2.24, 2.45) is 0 Å². The number of methoxy groups -OCH3 is 1. The van der Waals surface area contributed by atoms with Crippen LogP contribution >= 0.6 is 0 Å². The molecule has 158 valence electrons. The number of aliphatic hydroxyl groups is 2. The molecule has 5 heteroatoms. The zero-order chi connectivity index (χ0) is 20.5. The predicted molar refractivity (Wildman–Crippen MR) is 111 cm³/mol. The molecule has 0 bridgehead atoms. The lowest BCUT2D eigenvalue weighted by molar-refractivity contribution is -0.0793. The summed E-state index contributed by atoms with van der Waals surface area (Å²) in [6.45, 7) is 9.65. The first-order valence-electron chi connectivity index (χ1n) is 9.80. The van der Waals surface area contributed by atoms with Gasteiger partial charge in [0.2, 0.25) is 0 Å². The molecule has 0 fully saturated rings. The molecule has 0 saturated carbocycles. The van der Waals surface area contributed by atoms with Crippen LogP contribution < -0.4 is 0 Å². The van der Waals surface area contributed by atoms with Crippen LogP contribution in [0.15, 0.2) is 34.9 Å². The van der Waals surface area contributed by atoms with Crippen LogP contribution in [-0.4, -0.2) is 62.6 Å². The van der Waals surface area contributed by atoms with Gasteiger partial charge in [-0.2, -0.15) is 0 Å². The summed E-state index contributed by atoms with van der Waals surface area (Å²) in [5, 5.41) is 18.2. The standard InChI is InChI=1S/C22H40O5/c1-18(2)8-6-9-19(3)10-7-11-20(4)12-13-26-17-22(16-25-5)27-15-21(24)14-23/h8,10,12,21-24H,6-7,9,11,13-17H2,1-5H3. The summed E-state index contributed by atoms with van der Waals surface area (Å²) in [6, 6.07) is 0. The van der Waals surface area contributed by atoms with E-state index in [1.807, 2.05) is 0 Å². The van der Waals surface area contributed by atoms with Crippen LogP contribution in [0.5, 0.6) is 0 Å². The Bertz CT molecular complexity index is 450. The molecule has 27 heavy (non-hydrogen) atoms. The molecule has 0 aromatic heterocycles. The van der Waals surface area contributed by atoms with Gasteiger partial charge < -0.3 is 24.4 Å². The third-order valence-electron chi connectivity index (χ3n) is 4.06. The third kappa shape index (κ3) is 16.9. The van der Waals surface area contributed by atoms with Gasteiger partial charge in [-0.05, 0) is 53.4 Å². The molecule has 0 spiro atoms. The fourth-order valence-electron chi connectivity index (χ4n) is 2.37. The van der Waals surface area contributed by atoms with Gasteiger partial charge in [0.05, 0.1) is 33.0 Å². The molecule has 2 unspecified atom stereocenters. The molecule has 0 aliphatic rings. The van der Waals surface area contributed by atoms with Crippen LogP contribution in [0.4, 0.5) is 0 Å². The Morgan fingerprint density at radius 3 is 2.11 bits per heavy atom. The first-order valence-corrected chi connectivity index (χ1v) is 9.80. The second-order valence-electron chi connectivity index (χ2n) is 7.24. The van der Waals surface area contributed by atoms with Gasteiger partial charge in [0.1, 0.15) is 12.2 Å². The van der Waals surface area contributed by atoms with E-state index in [1.165, 1.54) is 16.7 Å². The second-order valence-corrected chi connectivity index (χ2v) is 7.24. The number of aliphatic hydroxyl groups excluding tert-OH is 2. The summed E-state index contributed by atoms with van der Waals surface area (Å²) >= 11 is 0. The highest BCUT2D eigenvalue weighted by atomic mass is 16.6. The highest BCUT2D eigenvalue weighted by Crippen LogP contribution is 2.11. The van der Waals surface area contributed by atoms with Gasteiger partial charge in [-0.3, -0.25) is 0 Å². The van der Waals surface area contributed by atoms with Gasteiger partial charge in [0.15, 0.2) is 0 Å². The lowest BCUT2D eigenvalue weighted by Gasteiger charge is -2.18. The summed E-state index contributed by atoms with van der Waals surface area (Å²) in [4.78, 5) is 0. The van der Waals surface area contributed by atoms with Crippen molar-refractivity contribution in [3.63, 3.8) is 0 Å². The molecule has 0 radical (unpaired) electrons. The fraction of sp³-hybridized carbons (Fsp3) is 0.727. The quantitative estimate of drug-likeness (QED) is 0.313. The largest absolute Gasteiger partial charge is 0.394 e. The average molecular weight is 385 g/mol. The number of rotatable bonds is 16. The van der Waals surface area contributed by atoms with Crippen LogP contribution in [-0.2, 0) is 14.2 Å². The molecular weight excluding hydrogens is 344 g/mol. The minimum atomic E-state index is -0.870. The van der Waals surface area contributed by atoms with Crippen molar-refractivity contribution < 1.29 is 24.4 Å². The normalized spacial score (nSPS) is 14.9. The van der Waals surface area contributed by atoms with E-state index in [1.54, 1.807) is 7.11 Å². The fourth-order valence-corrected chi connectivity index (χ4v) is 2.37. The molecule has 0 saturated heterocycles. The lowest BCUT2D eigenvalue weighted by Crippen LogP contribution is -2.30. The van der Waals surface area contributed by atoms with Gasteiger partial charge in [-0.15, -0.1) is 0 Å². The van der Waals surface area contributed by atoms with E-state index < -0.39 is 6.10 Å². The molecule has 0 aromatic rings. The molecule has 5 nitrogen and oxygen atoms in total. The van der Waals surface area contributed by atoms with Crippen molar-refractivity contribution in [1.29, 1.82) is 0 Å². The van der Waals surface area contributed by atoms with Crippen molar-refractivity contribution in [2.75, 3.05) is 40.1 Å². The molecule has 0 amide bonds.